The monoisotopic (exact) mass is 218 g/mol. The molecule has 1 saturated carbocycles. The highest BCUT2D eigenvalue weighted by Crippen LogP contribution is 2.36. The molecule has 1 fully saturated rings. The molecule has 3 nitrogen and oxygen atoms in total. The largest absolute Gasteiger partial charge is 0.501 e. The molecule has 1 aliphatic carbocycles. The average molecular weight is 218 g/mol. The van der Waals surface area contributed by atoms with E-state index < -0.39 is 8.80 Å². The van der Waals surface area contributed by atoms with Crippen molar-refractivity contribution in [1.29, 1.82) is 0 Å². The summed E-state index contributed by atoms with van der Waals surface area (Å²) in [6, 6.07) is 0. The molecule has 0 bridgehead atoms. The third-order valence-corrected chi connectivity index (χ3v) is 5.84. The minimum Gasteiger partial charge on any atom is -0.390 e. The summed E-state index contributed by atoms with van der Waals surface area (Å²) in [5.41, 5.74) is 0.288. The maximum Gasteiger partial charge on any atom is 0.501 e. The molecule has 1 rings (SSSR count). The zero-order chi connectivity index (χ0) is 10.4. The van der Waals surface area contributed by atoms with Crippen molar-refractivity contribution < 1.29 is 13.6 Å². The van der Waals surface area contributed by atoms with Crippen LogP contribution in [0, 0.1) is 0 Å². The van der Waals surface area contributed by atoms with Gasteiger partial charge in [-0.15, -0.1) is 0 Å². The first-order valence-corrected chi connectivity index (χ1v) is 7.57. The second kappa shape index (κ2) is 5.85. The molecular weight excluding hydrogens is 196 g/mol. The van der Waals surface area contributed by atoms with Crippen LogP contribution in [0.2, 0.25) is 5.54 Å². The van der Waals surface area contributed by atoms with Crippen LogP contribution >= 0.6 is 0 Å². The second-order valence-electron chi connectivity index (χ2n) is 3.83. The smallest absolute Gasteiger partial charge is 0.390 e. The molecule has 0 aromatic carbocycles. The predicted molar refractivity (Wildman–Crippen MR) is 58.1 cm³/mol. The van der Waals surface area contributed by atoms with E-state index in [9.17, 15) is 4.80 Å². The fraction of sp³-hybridized carbons (Fsp3) is 1.00. The summed E-state index contributed by atoms with van der Waals surface area (Å²) in [4.78, 5) is 10.3. The van der Waals surface area contributed by atoms with E-state index in [-0.39, 0.29) is 5.54 Å². The Morgan fingerprint density at radius 3 is 2.00 bits per heavy atom. The third kappa shape index (κ3) is 3.05. The molecule has 0 radical (unpaired) electrons. The van der Waals surface area contributed by atoms with Crippen LogP contribution in [0.1, 0.15) is 46.0 Å². The van der Waals surface area contributed by atoms with Gasteiger partial charge in [-0.05, 0) is 26.7 Å². The molecule has 0 unspecified atom stereocenters. The van der Waals surface area contributed by atoms with Gasteiger partial charge in [-0.1, -0.05) is 19.3 Å². The van der Waals surface area contributed by atoms with E-state index in [0.717, 1.165) is 12.8 Å². The van der Waals surface area contributed by atoms with E-state index in [2.05, 4.69) is 0 Å². The Morgan fingerprint density at radius 1 is 1.07 bits per heavy atom. The highest BCUT2D eigenvalue weighted by molar-refractivity contribution is 6.61. The van der Waals surface area contributed by atoms with E-state index in [1.54, 1.807) is 0 Å². The summed E-state index contributed by atoms with van der Waals surface area (Å²) in [5.74, 6) is 0. The van der Waals surface area contributed by atoms with Gasteiger partial charge in [0.25, 0.3) is 0 Å². The molecule has 14 heavy (non-hydrogen) atoms. The fourth-order valence-corrected chi connectivity index (χ4v) is 4.68. The highest BCUT2D eigenvalue weighted by Gasteiger charge is 2.45. The van der Waals surface area contributed by atoms with Crippen LogP contribution in [0.5, 0.6) is 0 Å². The van der Waals surface area contributed by atoms with Crippen LogP contribution in [0.4, 0.5) is 0 Å². The lowest BCUT2D eigenvalue weighted by atomic mass is 10.0. The second-order valence-corrected chi connectivity index (χ2v) is 6.49. The summed E-state index contributed by atoms with van der Waals surface area (Å²) in [7, 11) is -2.85. The van der Waals surface area contributed by atoms with Crippen molar-refractivity contribution in [2.24, 2.45) is 0 Å². The molecule has 0 saturated heterocycles. The molecule has 0 spiro atoms. The summed E-state index contributed by atoms with van der Waals surface area (Å²) in [6.45, 7) is 4.94. The van der Waals surface area contributed by atoms with Crippen LogP contribution in [0.25, 0.3) is 0 Å². The van der Waals surface area contributed by atoms with Gasteiger partial charge in [-0.3, -0.25) is 0 Å². The van der Waals surface area contributed by atoms with Crippen molar-refractivity contribution in [2.75, 3.05) is 13.2 Å². The summed E-state index contributed by atoms with van der Waals surface area (Å²) in [5, 5.41) is 0. The Bertz CT molecular complexity index is 151. The lowest BCUT2D eigenvalue weighted by Gasteiger charge is -2.33. The minimum absolute atomic E-state index is 0.288. The van der Waals surface area contributed by atoms with Crippen molar-refractivity contribution in [3.63, 3.8) is 0 Å². The Hall–Kier alpha value is 0.0969. The van der Waals surface area contributed by atoms with Gasteiger partial charge in [0.1, 0.15) is 0 Å². The lowest BCUT2D eigenvalue weighted by molar-refractivity contribution is 0.0908. The van der Waals surface area contributed by atoms with Gasteiger partial charge in [0.2, 0.25) is 0 Å². The van der Waals surface area contributed by atoms with E-state index >= 15 is 0 Å². The molecule has 1 aliphatic rings. The van der Waals surface area contributed by atoms with Crippen LogP contribution in [-0.2, 0) is 8.85 Å². The molecular formula is C10H22O3Si. The molecule has 0 aromatic rings. The predicted octanol–water partition coefficient (Wildman–Crippen LogP) is 2.32. The Kier molecular flexibility index (Phi) is 5.09. The number of hydrogen-bond acceptors (Lipinski definition) is 3. The Morgan fingerprint density at radius 2 is 1.57 bits per heavy atom. The standard InChI is InChI=1S/C10H22O3Si/c1-3-12-14(11,13-4-2)10-8-6-5-7-9-10/h10-11H,3-9H2,1-2H3. The van der Waals surface area contributed by atoms with Crippen LogP contribution in [0.3, 0.4) is 0 Å². The van der Waals surface area contributed by atoms with Gasteiger partial charge in [0.15, 0.2) is 0 Å². The minimum atomic E-state index is -2.85. The van der Waals surface area contributed by atoms with Crippen molar-refractivity contribution in [3.05, 3.63) is 0 Å². The summed E-state index contributed by atoms with van der Waals surface area (Å²) < 4.78 is 11.0. The van der Waals surface area contributed by atoms with Gasteiger partial charge >= 0.3 is 8.80 Å². The van der Waals surface area contributed by atoms with Gasteiger partial charge in [-0.25, -0.2) is 0 Å². The Balaban J connectivity index is 2.54. The number of rotatable bonds is 5. The van der Waals surface area contributed by atoms with E-state index in [1.807, 2.05) is 13.8 Å². The van der Waals surface area contributed by atoms with Crippen molar-refractivity contribution >= 4 is 8.80 Å². The first-order chi connectivity index (χ1) is 6.73. The van der Waals surface area contributed by atoms with E-state index in [4.69, 9.17) is 8.85 Å². The van der Waals surface area contributed by atoms with Crippen LogP contribution in [-0.4, -0.2) is 26.8 Å². The third-order valence-electron chi connectivity index (χ3n) is 2.82. The topological polar surface area (TPSA) is 38.7 Å². The zero-order valence-electron chi connectivity index (χ0n) is 9.29. The highest BCUT2D eigenvalue weighted by atomic mass is 28.4. The van der Waals surface area contributed by atoms with Gasteiger partial charge in [0, 0.05) is 18.8 Å². The van der Waals surface area contributed by atoms with Crippen LogP contribution < -0.4 is 0 Å². The molecule has 1 N–H and O–H groups in total. The molecule has 0 atom stereocenters. The molecule has 0 amide bonds. The maximum absolute atomic E-state index is 10.3. The maximum atomic E-state index is 10.3. The molecule has 4 heteroatoms. The van der Waals surface area contributed by atoms with Gasteiger partial charge < -0.3 is 13.6 Å². The zero-order valence-corrected chi connectivity index (χ0v) is 10.3. The Labute approximate surface area is 87.8 Å². The first kappa shape index (κ1) is 12.2. The lowest BCUT2D eigenvalue weighted by Crippen LogP contribution is -2.48. The van der Waals surface area contributed by atoms with Gasteiger partial charge in [0.05, 0.1) is 0 Å². The van der Waals surface area contributed by atoms with Crippen molar-refractivity contribution in [2.45, 2.75) is 51.5 Å². The van der Waals surface area contributed by atoms with E-state index in [1.165, 1.54) is 19.3 Å². The molecule has 84 valence electrons. The quantitative estimate of drug-likeness (QED) is 0.720. The van der Waals surface area contributed by atoms with E-state index in [0.29, 0.717) is 13.2 Å². The van der Waals surface area contributed by atoms with Gasteiger partial charge in [-0.2, -0.15) is 0 Å². The average Bonchev–Trinajstić information content (AvgIpc) is 2.20. The van der Waals surface area contributed by atoms with Crippen LogP contribution in [0.15, 0.2) is 0 Å². The van der Waals surface area contributed by atoms with Crippen molar-refractivity contribution in [3.8, 4) is 0 Å². The fourth-order valence-electron chi connectivity index (χ4n) is 2.16. The molecule has 0 aromatic heterocycles. The first-order valence-electron chi connectivity index (χ1n) is 5.73. The SMILES string of the molecule is CCO[Si](O)(OCC)C1CCCCC1. The van der Waals surface area contributed by atoms with Crippen molar-refractivity contribution in [1.82, 2.24) is 0 Å². The molecule has 0 aliphatic heterocycles. The summed E-state index contributed by atoms with van der Waals surface area (Å²) in [6.07, 6.45) is 5.85. The normalized spacial score (nSPS) is 19.9. The summed E-state index contributed by atoms with van der Waals surface area (Å²) >= 11 is 0. The number of hydrogen-bond donors (Lipinski definition) is 1. The molecule has 0 heterocycles.